The van der Waals surface area contributed by atoms with Crippen LogP contribution in [0.2, 0.25) is 0 Å². The molecule has 0 amide bonds. The van der Waals surface area contributed by atoms with Gasteiger partial charge < -0.3 is 100 Å². The molecule has 0 spiro atoms. The Hall–Kier alpha value is -4.63. The van der Waals surface area contributed by atoms with Gasteiger partial charge in [0, 0.05) is 12.0 Å². The number of Topliss-reactive ketones (excluding diaryl/α,β-unsaturated/α-hetero) is 1. The highest BCUT2D eigenvalue weighted by atomic mass is 16.8. The number of aromatic hydroxyl groups is 6. The van der Waals surface area contributed by atoms with Crippen LogP contribution in [0, 0.1) is 5.92 Å². The van der Waals surface area contributed by atoms with Crippen LogP contribution < -0.4 is 0 Å². The van der Waals surface area contributed by atoms with E-state index in [2.05, 4.69) is 0 Å². The van der Waals surface area contributed by atoms with E-state index in [4.69, 9.17) is 23.7 Å². The number of hydrogen-bond donors (Lipinski definition) is 15. The Kier molecular flexibility index (Phi) is 12.5. The maximum atomic E-state index is 14.2. The third-order valence-corrected chi connectivity index (χ3v) is 9.77. The first kappa shape index (κ1) is 42.5. The molecule has 15 N–H and O–H groups in total. The standard InChI is InChI=1S/C33H40O23/c34-7-17-22(43)24(45)26(47)30(53-17)56-28-25(46)23(44)18(8-35)54-31(28)55-27-11(19(40)9-1-12(36)20(41)13(37)2-9)5-33(51,32(49)50)6-16(27)52-29(48)10-3-14(38)21(42)15(39)4-10/h1-4,11,16-18,22-28,30-31,34-39,41-47,51H,5-8H2,(H,49,50). The minimum atomic E-state index is -2.94. The second kappa shape index (κ2) is 16.5. The molecule has 0 aromatic heterocycles. The van der Waals surface area contributed by atoms with E-state index >= 15 is 0 Å². The van der Waals surface area contributed by atoms with Gasteiger partial charge in [-0.2, -0.15) is 0 Å². The number of aliphatic hydroxyl groups is 8. The average molecular weight is 805 g/mol. The van der Waals surface area contributed by atoms with E-state index in [-0.39, 0.29) is 0 Å². The summed E-state index contributed by atoms with van der Waals surface area (Å²) in [6.45, 7) is -1.94. The van der Waals surface area contributed by atoms with Crippen molar-refractivity contribution in [2.45, 2.75) is 92.1 Å². The summed E-state index contributed by atoms with van der Waals surface area (Å²) >= 11 is 0. The molecule has 2 aliphatic heterocycles. The topological polar surface area (TPSA) is 401 Å². The van der Waals surface area contributed by atoms with E-state index in [1.54, 1.807) is 0 Å². The number of ketones is 1. The molecule has 0 bridgehead atoms. The van der Waals surface area contributed by atoms with Crippen molar-refractivity contribution < 1.29 is 115 Å². The van der Waals surface area contributed by atoms with E-state index in [0.717, 1.165) is 0 Å². The van der Waals surface area contributed by atoms with E-state index < -0.39 is 175 Å². The third-order valence-electron chi connectivity index (χ3n) is 9.77. The number of benzene rings is 2. The van der Waals surface area contributed by atoms with Crippen LogP contribution in [-0.4, -0.2) is 187 Å². The number of esters is 1. The highest BCUT2D eigenvalue weighted by molar-refractivity contribution is 6.00. The third kappa shape index (κ3) is 8.11. The zero-order chi connectivity index (χ0) is 41.5. The fourth-order valence-electron chi connectivity index (χ4n) is 6.67. The Balaban J connectivity index is 1.61. The lowest BCUT2D eigenvalue weighted by Gasteiger charge is -2.48. The van der Waals surface area contributed by atoms with Gasteiger partial charge in [-0.1, -0.05) is 0 Å². The van der Waals surface area contributed by atoms with Gasteiger partial charge in [-0.15, -0.1) is 0 Å². The molecule has 56 heavy (non-hydrogen) atoms. The number of carbonyl (C=O) groups is 3. The number of hydrogen-bond acceptors (Lipinski definition) is 22. The van der Waals surface area contributed by atoms with Crippen molar-refractivity contribution in [2.24, 2.45) is 5.92 Å². The van der Waals surface area contributed by atoms with Gasteiger partial charge in [-0.3, -0.25) is 4.79 Å². The highest BCUT2D eigenvalue weighted by Crippen LogP contribution is 2.43. The molecular formula is C33H40O23. The smallest absolute Gasteiger partial charge is 0.338 e. The summed E-state index contributed by atoms with van der Waals surface area (Å²) in [5, 5.41) is 154. The molecule has 14 unspecified atom stereocenters. The molecule has 0 radical (unpaired) electrons. The highest BCUT2D eigenvalue weighted by Gasteiger charge is 2.57. The minimum Gasteiger partial charge on any atom is -0.504 e. The maximum absolute atomic E-state index is 14.2. The van der Waals surface area contributed by atoms with Crippen molar-refractivity contribution >= 4 is 17.7 Å². The molecule has 23 heteroatoms. The molecule has 1 aliphatic carbocycles. The Labute approximate surface area is 313 Å². The molecule has 5 rings (SSSR count). The summed E-state index contributed by atoms with van der Waals surface area (Å²) in [5.41, 5.74) is -4.24. The lowest BCUT2D eigenvalue weighted by molar-refractivity contribution is -0.376. The average Bonchev–Trinajstić information content (AvgIpc) is 3.15. The van der Waals surface area contributed by atoms with Gasteiger partial charge in [0.05, 0.1) is 24.7 Å². The van der Waals surface area contributed by atoms with Gasteiger partial charge in [-0.25, -0.2) is 9.59 Å². The van der Waals surface area contributed by atoms with E-state index in [1.165, 1.54) is 0 Å². The number of phenolic OH excluding ortho intramolecular Hbond substituents is 6. The van der Waals surface area contributed by atoms with Gasteiger partial charge in [0.1, 0.15) is 61.0 Å². The molecule has 310 valence electrons. The molecule has 2 aromatic rings. The first-order valence-corrected chi connectivity index (χ1v) is 16.7. The van der Waals surface area contributed by atoms with Gasteiger partial charge in [-0.05, 0) is 30.7 Å². The predicted octanol–water partition coefficient (Wildman–Crippen LogP) is -4.44. The summed E-state index contributed by atoms with van der Waals surface area (Å²) in [5.74, 6) is -12.9. The Bertz CT molecular complexity index is 1740. The van der Waals surface area contributed by atoms with Crippen LogP contribution in [0.25, 0.3) is 0 Å². The molecule has 3 fully saturated rings. The summed E-state index contributed by atoms with van der Waals surface area (Å²) in [6.07, 6.45) is -26.0. The molecule has 3 aliphatic rings. The van der Waals surface area contributed by atoms with Crippen LogP contribution >= 0.6 is 0 Å². The van der Waals surface area contributed by atoms with Crippen LogP contribution in [0.15, 0.2) is 24.3 Å². The predicted molar refractivity (Wildman–Crippen MR) is 173 cm³/mol. The molecule has 1 saturated carbocycles. The zero-order valence-electron chi connectivity index (χ0n) is 28.6. The van der Waals surface area contributed by atoms with Crippen molar-refractivity contribution in [3.05, 3.63) is 35.4 Å². The SMILES string of the molecule is O=C(OC1CC(O)(C(=O)O)CC(C(=O)c2cc(O)c(O)c(O)c2)C1OC1OC(CO)C(O)C(O)C1OC1OC(CO)C(O)C(O)C1O)c1cc(O)c(O)c(O)c1. The minimum absolute atomic E-state index is 0.627. The fourth-order valence-corrected chi connectivity index (χ4v) is 6.67. The second-order valence-electron chi connectivity index (χ2n) is 13.5. The van der Waals surface area contributed by atoms with E-state index in [0.29, 0.717) is 24.3 Å². The number of carboxylic acid groups (broad SMARTS) is 1. The first-order valence-electron chi connectivity index (χ1n) is 16.7. The number of aliphatic hydroxyl groups excluding tert-OH is 7. The summed E-state index contributed by atoms with van der Waals surface area (Å²) in [4.78, 5) is 40.0. The monoisotopic (exact) mass is 804 g/mol. The first-order chi connectivity index (χ1) is 26.2. The van der Waals surface area contributed by atoms with Crippen molar-refractivity contribution in [1.29, 1.82) is 0 Å². The molecule has 2 aromatic carbocycles. The van der Waals surface area contributed by atoms with Crippen LogP contribution in [0.5, 0.6) is 34.5 Å². The van der Waals surface area contributed by atoms with E-state index in [1.807, 2.05) is 0 Å². The second-order valence-corrected chi connectivity index (χ2v) is 13.5. The summed E-state index contributed by atoms with van der Waals surface area (Å²) in [6, 6.07) is 2.55. The largest absolute Gasteiger partial charge is 0.504 e. The van der Waals surface area contributed by atoms with Crippen LogP contribution in [-0.2, 0) is 28.5 Å². The number of phenols is 6. The van der Waals surface area contributed by atoms with Crippen molar-refractivity contribution in [3.63, 3.8) is 0 Å². The number of ether oxygens (including phenoxy) is 5. The van der Waals surface area contributed by atoms with Crippen LogP contribution in [0.4, 0.5) is 0 Å². The number of carbonyl (C=O) groups excluding carboxylic acids is 2. The molecule has 23 nitrogen and oxygen atoms in total. The van der Waals surface area contributed by atoms with Gasteiger partial charge in [0.15, 0.2) is 58.5 Å². The lowest BCUT2D eigenvalue weighted by atomic mass is 9.71. The van der Waals surface area contributed by atoms with Crippen molar-refractivity contribution in [1.82, 2.24) is 0 Å². The Morgan fingerprint density at radius 2 is 1.11 bits per heavy atom. The Morgan fingerprint density at radius 3 is 1.61 bits per heavy atom. The molecular weight excluding hydrogens is 764 g/mol. The van der Waals surface area contributed by atoms with Crippen molar-refractivity contribution in [3.8, 4) is 34.5 Å². The Morgan fingerprint density at radius 1 is 0.643 bits per heavy atom. The molecule has 2 heterocycles. The summed E-state index contributed by atoms with van der Waals surface area (Å²) in [7, 11) is 0. The van der Waals surface area contributed by atoms with Gasteiger partial charge >= 0.3 is 11.9 Å². The van der Waals surface area contributed by atoms with Crippen LogP contribution in [0.1, 0.15) is 33.6 Å². The normalized spacial score (nSPS) is 36.1. The zero-order valence-corrected chi connectivity index (χ0v) is 28.6. The number of rotatable bonds is 11. The van der Waals surface area contributed by atoms with Gasteiger partial charge in [0.2, 0.25) is 0 Å². The van der Waals surface area contributed by atoms with Crippen LogP contribution in [0.3, 0.4) is 0 Å². The molecule has 14 atom stereocenters. The maximum Gasteiger partial charge on any atom is 0.338 e. The lowest BCUT2D eigenvalue weighted by Crippen LogP contribution is -2.66. The number of aliphatic carboxylic acids is 1. The molecule has 2 saturated heterocycles. The quantitative estimate of drug-likeness (QED) is 0.0579. The van der Waals surface area contributed by atoms with E-state index in [9.17, 15) is 91.0 Å². The van der Waals surface area contributed by atoms with Crippen molar-refractivity contribution in [2.75, 3.05) is 13.2 Å². The van der Waals surface area contributed by atoms with Gasteiger partial charge in [0.25, 0.3) is 0 Å². The fraction of sp³-hybridized carbons (Fsp3) is 0.545. The summed E-state index contributed by atoms with van der Waals surface area (Å²) < 4.78 is 28.1. The number of carboxylic acids is 1.